The Hall–Kier alpha value is -2.57. The third-order valence-electron chi connectivity index (χ3n) is 5.15. The van der Waals surface area contributed by atoms with E-state index in [0.717, 1.165) is 31.5 Å². The van der Waals surface area contributed by atoms with Crippen LogP contribution >= 0.6 is 0 Å². The number of carbonyl (C=O) groups excluding carboxylic acids is 1. The summed E-state index contributed by atoms with van der Waals surface area (Å²) in [5.74, 6) is 1.48. The van der Waals surface area contributed by atoms with Crippen molar-refractivity contribution < 1.29 is 4.79 Å². The Balaban J connectivity index is 1.58. The number of nitrogens with zero attached hydrogens (tertiary/aromatic N) is 4. The molecule has 1 saturated carbocycles. The predicted octanol–water partition coefficient (Wildman–Crippen LogP) is 1.59. The third kappa shape index (κ3) is 3.31. The van der Waals surface area contributed by atoms with Gasteiger partial charge in [-0.25, -0.2) is 9.97 Å². The summed E-state index contributed by atoms with van der Waals surface area (Å²) in [7, 11) is 0. The standard InChI is InChI=1S/C18H21N5O2/c1-11-7-13(11)18(25)23-6-2-3-12(10-23)14-8-16(24)22-17(21-14)15-9-19-4-5-20-15/h4-5,8-9,11-13H,2-3,6-7,10H2,1H3,(H,21,22,24)/t11-,12-,13-/m1/s1. The molecule has 2 fully saturated rings. The molecule has 0 aromatic carbocycles. The molecular formula is C18H21N5O2. The summed E-state index contributed by atoms with van der Waals surface area (Å²) in [4.78, 5) is 42.1. The quantitative estimate of drug-likeness (QED) is 0.917. The Bertz CT molecular complexity index is 835. The lowest BCUT2D eigenvalue weighted by Crippen LogP contribution is -2.40. The van der Waals surface area contributed by atoms with Gasteiger partial charge in [-0.15, -0.1) is 0 Å². The van der Waals surface area contributed by atoms with E-state index in [2.05, 4.69) is 26.9 Å². The zero-order valence-corrected chi connectivity index (χ0v) is 14.2. The number of aromatic nitrogens is 4. The molecule has 4 rings (SSSR count). The van der Waals surface area contributed by atoms with Crippen molar-refractivity contribution in [1.82, 2.24) is 24.8 Å². The summed E-state index contributed by atoms with van der Waals surface area (Å²) in [5.41, 5.74) is 1.06. The van der Waals surface area contributed by atoms with Crippen molar-refractivity contribution in [2.24, 2.45) is 11.8 Å². The Morgan fingerprint density at radius 1 is 1.36 bits per heavy atom. The van der Waals surface area contributed by atoms with Crippen LogP contribution in [0.2, 0.25) is 0 Å². The largest absolute Gasteiger partial charge is 0.342 e. The molecule has 3 atom stereocenters. The van der Waals surface area contributed by atoms with Gasteiger partial charge in [0.1, 0.15) is 5.69 Å². The molecule has 1 amide bonds. The van der Waals surface area contributed by atoms with Crippen LogP contribution in [0.5, 0.6) is 0 Å². The van der Waals surface area contributed by atoms with Gasteiger partial charge in [-0.1, -0.05) is 6.92 Å². The van der Waals surface area contributed by atoms with Crippen LogP contribution in [-0.4, -0.2) is 43.8 Å². The van der Waals surface area contributed by atoms with Crippen molar-refractivity contribution >= 4 is 5.91 Å². The van der Waals surface area contributed by atoms with Crippen LogP contribution in [0.1, 0.15) is 37.8 Å². The molecule has 1 aliphatic heterocycles. The van der Waals surface area contributed by atoms with E-state index in [4.69, 9.17) is 0 Å². The average Bonchev–Trinajstić information content (AvgIpc) is 3.38. The monoisotopic (exact) mass is 339 g/mol. The number of aromatic amines is 1. The molecule has 2 aromatic heterocycles. The molecule has 3 heterocycles. The van der Waals surface area contributed by atoms with Crippen LogP contribution in [0.4, 0.5) is 0 Å². The number of nitrogens with one attached hydrogen (secondary N) is 1. The van der Waals surface area contributed by atoms with Crippen LogP contribution in [0.15, 0.2) is 29.5 Å². The second-order valence-corrected chi connectivity index (χ2v) is 7.05. The van der Waals surface area contributed by atoms with Crippen LogP contribution in [0, 0.1) is 11.8 Å². The Kier molecular flexibility index (Phi) is 4.07. The Morgan fingerprint density at radius 2 is 2.20 bits per heavy atom. The molecule has 7 nitrogen and oxygen atoms in total. The van der Waals surface area contributed by atoms with Crippen molar-refractivity contribution in [2.45, 2.75) is 32.1 Å². The second-order valence-electron chi connectivity index (χ2n) is 7.05. The van der Waals surface area contributed by atoms with Gasteiger partial charge >= 0.3 is 0 Å². The van der Waals surface area contributed by atoms with Gasteiger partial charge in [0.05, 0.1) is 11.9 Å². The van der Waals surface area contributed by atoms with Gasteiger partial charge in [-0.05, 0) is 25.2 Å². The molecule has 1 N–H and O–H groups in total. The zero-order chi connectivity index (χ0) is 17.4. The van der Waals surface area contributed by atoms with Gasteiger partial charge in [0.2, 0.25) is 5.91 Å². The van der Waals surface area contributed by atoms with E-state index in [9.17, 15) is 9.59 Å². The van der Waals surface area contributed by atoms with E-state index in [1.165, 1.54) is 6.07 Å². The lowest BCUT2D eigenvalue weighted by Gasteiger charge is -2.32. The second kappa shape index (κ2) is 6.38. The molecule has 0 unspecified atom stereocenters. The fourth-order valence-corrected chi connectivity index (χ4v) is 3.55. The maximum atomic E-state index is 12.5. The minimum Gasteiger partial charge on any atom is -0.342 e. The molecule has 2 aliphatic rings. The number of hydrogen-bond acceptors (Lipinski definition) is 5. The summed E-state index contributed by atoms with van der Waals surface area (Å²) in [5, 5.41) is 0. The summed E-state index contributed by atoms with van der Waals surface area (Å²) in [6.45, 7) is 3.56. The lowest BCUT2D eigenvalue weighted by atomic mass is 9.94. The van der Waals surface area contributed by atoms with Gasteiger partial charge in [-0.2, -0.15) is 0 Å². The normalized spacial score (nSPS) is 25.6. The molecule has 0 radical (unpaired) electrons. The lowest BCUT2D eigenvalue weighted by molar-refractivity contribution is -0.134. The van der Waals surface area contributed by atoms with E-state index in [0.29, 0.717) is 24.0 Å². The van der Waals surface area contributed by atoms with Crippen molar-refractivity contribution in [2.75, 3.05) is 13.1 Å². The molecule has 0 bridgehead atoms. The molecule has 1 saturated heterocycles. The van der Waals surface area contributed by atoms with Gasteiger partial charge in [0, 0.05) is 43.4 Å². The first-order valence-electron chi connectivity index (χ1n) is 8.78. The fraction of sp³-hybridized carbons (Fsp3) is 0.500. The SMILES string of the molecule is C[C@@H]1C[C@H]1C(=O)N1CCC[C@@H](c2cc(=O)[nH]c(-c3cnccn3)n2)C1. The van der Waals surface area contributed by atoms with Gasteiger partial charge in [-0.3, -0.25) is 14.6 Å². The van der Waals surface area contributed by atoms with Gasteiger partial charge in [0.15, 0.2) is 5.82 Å². The minimum absolute atomic E-state index is 0.0875. The molecule has 0 spiro atoms. The van der Waals surface area contributed by atoms with E-state index in [1.54, 1.807) is 18.6 Å². The Labute approximate surface area is 145 Å². The molecule has 130 valence electrons. The first kappa shape index (κ1) is 15.9. The number of hydrogen-bond donors (Lipinski definition) is 1. The van der Waals surface area contributed by atoms with Crippen molar-refractivity contribution in [3.63, 3.8) is 0 Å². The van der Waals surface area contributed by atoms with Crippen molar-refractivity contribution in [3.05, 3.63) is 40.7 Å². The number of piperidine rings is 1. The average molecular weight is 339 g/mol. The number of rotatable bonds is 3. The maximum Gasteiger partial charge on any atom is 0.251 e. The summed E-state index contributed by atoms with van der Waals surface area (Å²) >= 11 is 0. The smallest absolute Gasteiger partial charge is 0.251 e. The van der Waals surface area contributed by atoms with Gasteiger partial charge in [0.25, 0.3) is 5.56 Å². The van der Waals surface area contributed by atoms with Crippen LogP contribution in [0.3, 0.4) is 0 Å². The highest BCUT2D eigenvalue weighted by Crippen LogP contribution is 2.40. The molecule has 1 aliphatic carbocycles. The molecule has 2 aromatic rings. The van der Waals surface area contributed by atoms with Gasteiger partial charge < -0.3 is 9.88 Å². The fourth-order valence-electron chi connectivity index (χ4n) is 3.55. The third-order valence-corrected chi connectivity index (χ3v) is 5.15. The van der Waals surface area contributed by atoms with E-state index in [-0.39, 0.29) is 23.3 Å². The van der Waals surface area contributed by atoms with E-state index < -0.39 is 0 Å². The molecule has 25 heavy (non-hydrogen) atoms. The number of amides is 1. The van der Waals surface area contributed by atoms with Crippen LogP contribution in [-0.2, 0) is 4.79 Å². The Morgan fingerprint density at radius 3 is 2.92 bits per heavy atom. The number of carbonyl (C=O) groups is 1. The highest BCUT2D eigenvalue weighted by molar-refractivity contribution is 5.81. The highest BCUT2D eigenvalue weighted by atomic mass is 16.2. The van der Waals surface area contributed by atoms with Crippen LogP contribution < -0.4 is 5.56 Å². The van der Waals surface area contributed by atoms with Crippen molar-refractivity contribution in [1.29, 1.82) is 0 Å². The molecule has 7 heteroatoms. The summed E-state index contributed by atoms with van der Waals surface area (Å²) in [6.07, 6.45) is 7.59. The highest BCUT2D eigenvalue weighted by Gasteiger charge is 2.42. The zero-order valence-electron chi connectivity index (χ0n) is 14.2. The first-order valence-corrected chi connectivity index (χ1v) is 8.78. The first-order chi connectivity index (χ1) is 12.1. The van der Waals surface area contributed by atoms with Crippen molar-refractivity contribution in [3.8, 4) is 11.5 Å². The molecular weight excluding hydrogens is 318 g/mol. The minimum atomic E-state index is -0.204. The van der Waals surface area contributed by atoms with E-state index >= 15 is 0 Å². The number of H-pyrrole nitrogens is 1. The van der Waals surface area contributed by atoms with Crippen LogP contribution in [0.25, 0.3) is 11.5 Å². The van der Waals surface area contributed by atoms with E-state index in [1.807, 2.05) is 4.90 Å². The maximum absolute atomic E-state index is 12.5. The summed E-state index contributed by atoms with van der Waals surface area (Å²) in [6, 6.07) is 1.54. The topological polar surface area (TPSA) is 91.8 Å². The summed E-state index contributed by atoms with van der Waals surface area (Å²) < 4.78 is 0. The number of likely N-dealkylation sites (tertiary alicyclic amines) is 1. The predicted molar refractivity (Wildman–Crippen MR) is 91.7 cm³/mol.